The number of nitrogens with two attached hydrogens (primary N) is 1. The summed E-state index contributed by atoms with van der Waals surface area (Å²) in [5.41, 5.74) is 6.14. The van der Waals surface area contributed by atoms with Crippen LogP contribution in [0.1, 0.15) is 11.5 Å². The van der Waals surface area contributed by atoms with Crippen LogP contribution in [-0.2, 0) is 6.42 Å². The number of hydrogen-bond acceptors (Lipinski definition) is 4. The zero-order valence-corrected chi connectivity index (χ0v) is 5.29. The van der Waals surface area contributed by atoms with E-state index in [0.29, 0.717) is 6.54 Å². The highest BCUT2D eigenvalue weighted by Crippen LogP contribution is 2.00. The minimum atomic E-state index is 0.592. The van der Waals surface area contributed by atoms with E-state index in [1.807, 2.05) is 6.92 Å². The van der Waals surface area contributed by atoms with Gasteiger partial charge in [0.15, 0.2) is 5.76 Å². The summed E-state index contributed by atoms with van der Waals surface area (Å²) in [5, 5.41) is 7.07. The maximum absolute atomic E-state index is 5.28. The number of nitrogens with zero attached hydrogens (tertiary/aromatic N) is 2. The van der Waals surface area contributed by atoms with Gasteiger partial charge in [0.2, 0.25) is 0 Å². The first-order valence-electron chi connectivity index (χ1n) is 2.82. The molecule has 0 atom stereocenters. The maximum atomic E-state index is 5.28. The van der Waals surface area contributed by atoms with Crippen LogP contribution in [0.25, 0.3) is 0 Å². The molecular formula is C5H9N3O. The Morgan fingerprint density at radius 1 is 1.67 bits per heavy atom. The lowest BCUT2D eigenvalue weighted by Gasteiger charge is -1.86. The van der Waals surface area contributed by atoms with Crippen molar-refractivity contribution in [2.45, 2.75) is 13.3 Å². The van der Waals surface area contributed by atoms with E-state index in [9.17, 15) is 0 Å². The second-order valence-corrected chi connectivity index (χ2v) is 1.81. The Balaban J connectivity index is 2.69. The lowest BCUT2D eigenvalue weighted by atomic mass is 10.3. The van der Waals surface area contributed by atoms with Crippen molar-refractivity contribution in [2.24, 2.45) is 5.73 Å². The molecule has 4 nitrogen and oxygen atoms in total. The van der Waals surface area contributed by atoms with Gasteiger partial charge in [0.1, 0.15) is 5.69 Å². The molecule has 1 aromatic heterocycles. The molecule has 1 aromatic rings. The van der Waals surface area contributed by atoms with Crippen LogP contribution in [0.4, 0.5) is 0 Å². The number of rotatable bonds is 2. The first kappa shape index (κ1) is 6.22. The van der Waals surface area contributed by atoms with Gasteiger partial charge in [0.05, 0.1) is 0 Å². The molecule has 0 aromatic carbocycles. The molecule has 0 aliphatic carbocycles. The molecule has 0 saturated heterocycles. The van der Waals surface area contributed by atoms with Crippen molar-refractivity contribution in [1.29, 1.82) is 0 Å². The minimum Gasteiger partial charge on any atom is -0.342 e. The number of aryl methyl sites for hydroxylation is 1. The van der Waals surface area contributed by atoms with E-state index in [1.54, 1.807) is 0 Å². The first-order valence-corrected chi connectivity index (χ1v) is 2.82. The van der Waals surface area contributed by atoms with Gasteiger partial charge in [-0.15, -0.1) is 5.10 Å². The molecule has 0 fully saturated rings. The fourth-order valence-corrected chi connectivity index (χ4v) is 0.617. The third-order valence-electron chi connectivity index (χ3n) is 1.13. The van der Waals surface area contributed by atoms with Crippen LogP contribution < -0.4 is 5.73 Å². The molecule has 0 aliphatic rings. The third-order valence-corrected chi connectivity index (χ3v) is 1.13. The predicted octanol–water partition coefficient (Wildman–Crippen LogP) is -0.121. The van der Waals surface area contributed by atoms with Crippen molar-refractivity contribution >= 4 is 0 Å². The lowest BCUT2D eigenvalue weighted by Crippen LogP contribution is -2.03. The van der Waals surface area contributed by atoms with Crippen LogP contribution in [0.5, 0.6) is 0 Å². The fraction of sp³-hybridized carbons (Fsp3) is 0.600. The van der Waals surface area contributed by atoms with E-state index >= 15 is 0 Å². The van der Waals surface area contributed by atoms with Crippen molar-refractivity contribution in [3.05, 3.63) is 11.5 Å². The molecule has 0 bridgehead atoms. The number of hydrogen-bond donors (Lipinski definition) is 1. The van der Waals surface area contributed by atoms with Gasteiger partial charge in [0.25, 0.3) is 0 Å². The molecule has 4 heteroatoms. The van der Waals surface area contributed by atoms with E-state index in [2.05, 4.69) is 10.4 Å². The highest BCUT2D eigenvalue weighted by Gasteiger charge is 2.01. The van der Waals surface area contributed by atoms with E-state index in [4.69, 9.17) is 10.3 Å². The molecule has 0 unspecified atom stereocenters. The summed E-state index contributed by atoms with van der Waals surface area (Å²) in [5.74, 6) is 0.764. The Bertz CT molecular complexity index is 184. The van der Waals surface area contributed by atoms with E-state index < -0.39 is 0 Å². The highest BCUT2D eigenvalue weighted by molar-refractivity contribution is 5.02. The molecule has 0 radical (unpaired) electrons. The zero-order valence-electron chi connectivity index (χ0n) is 5.29. The average Bonchev–Trinajstić information content (AvgIpc) is 2.18. The van der Waals surface area contributed by atoms with Gasteiger partial charge < -0.3 is 10.3 Å². The van der Waals surface area contributed by atoms with E-state index in [0.717, 1.165) is 17.9 Å². The van der Waals surface area contributed by atoms with Crippen LogP contribution in [0, 0.1) is 6.92 Å². The first-order chi connectivity index (χ1) is 4.34. The SMILES string of the molecule is Cc1onnc1CCN. The van der Waals surface area contributed by atoms with Crippen LogP contribution in [-0.4, -0.2) is 16.9 Å². The smallest absolute Gasteiger partial charge is 0.157 e. The summed E-state index contributed by atoms with van der Waals surface area (Å²) < 4.78 is 4.70. The normalized spacial score (nSPS) is 10.0. The van der Waals surface area contributed by atoms with Gasteiger partial charge in [-0.2, -0.15) is 0 Å². The topological polar surface area (TPSA) is 64.9 Å². The summed E-state index contributed by atoms with van der Waals surface area (Å²) in [6.45, 7) is 2.42. The number of aromatic nitrogens is 2. The Kier molecular flexibility index (Phi) is 1.79. The average molecular weight is 127 g/mol. The van der Waals surface area contributed by atoms with Gasteiger partial charge in [-0.25, -0.2) is 0 Å². The molecule has 2 N–H and O–H groups in total. The molecule has 50 valence electrons. The van der Waals surface area contributed by atoms with E-state index in [-0.39, 0.29) is 0 Å². The molecular weight excluding hydrogens is 118 g/mol. The minimum absolute atomic E-state index is 0.592. The highest BCUT2D eigenvalue weighted by atomic mass is 16.5. The van der Waals surface area contributed by atoms with Crippen molar-refractivity contribution in [1.82, 2.24) is 10.4 Å². The Hall–Kier alpha value is -0.900. The molecule has 0 aliphatic heterocycles. The second-order valence-electron chi connectivity index (χ2n) is 1.81. The summed E-state index contributed by atoms with van der Waals surface area (Å²) in [6, 6.07) is 0. The quantitative estimate of drug-likeness (QED) is 0.601. The van der Waals surface area contributed by atoms with Gasteiger partial charge >= 0.3 is 0 Å². The van der Waals surface area contributed by atoms with Crippen LogP contribution in [0.2, 0.25) is 0 Å². The maximum Gasteiger partial charge on any atom is 0.157 e. The van der Waals surface area contributed by atoms with Gasteiger partial charge in [0, 0.05) is 11.7 Å². The molecule has 1 heterocycles. The Labute approximate surface area is 53.0 Å². The zero-order chi connectivity index (χ0) is 6.69. The lowest BCUT2D eigenvalue weighted by molar-refractivity contribution is 0.373. The van der Waals surface area contributed by atoms with Crippen molar-refractivity contribution in [2.75, 3.05) is 6.54 Å². The van der Waals surface area contributed by atoms with Gasteiger partial charge in [-0.1, -0.05) is 0 Å². The van der Waals surface area contributed by atoms with E-state index in [1.165, 1.54) is 0 Å². The third kappa shape index (κ3) is 1.26. The van der Waals surface area contributed by atoms with Crippen LogP contribution in [0.15, 0.2) is 4.52 Å². The summed E-state index contributed by atoms with van der Waals surface area (Å²) in [7, 11) is 0. The molecule has 0 amide bonds. The Morgan fingerprint density at radius 3 is 2.89 bits per heavy atom. The summed E-state index contributed by atoms with van der Waals surface area (Å²) in [4.78, 5) is 0. The van der Waals surface area contributed by atoms with Crippen LogP contribution >= 0.6 is 0 Å². The molecule has 1 rings (SSSR count). The van der Waals surface area contributed by atoms with Crippen molar-refractivity contribution in [3.8, 4) is 0 Å². The largest absolute Gasteiger partial charge is 0.342 e. The summed E-state index contributed by atoms with van der Waals surface area (Å²) >= 11 is 0. The molecule has 9 heavy (non-hydrogen) atoms. The summed E-state index contributed by atoms with van der Waals surface area (Å²) in [6.07, 6.45) is 0.745. The predicted molar refractivity (Wildman–Crippen MR) is 31.8 cm³/mol. The second kappa shape index (κ2) is 2.59. The molecule has 0 spiro atoms. The van der Waals surface area contributed by atoms with Crippen LogP contribution in [0.3, 0.4) is 0 Å². The standard InChI is InChI=1S/C5H9N3O/c1-4-5(2-3-6)7-8-9-4/h2-3,6H2,1H3. The molecule has 0 saturated carbocycles. The monoisotopic (exact) mass is 127 g/mol. The Morgan fingerprint density at radius 2 is 2.44 bits per heavy atom. The van der Waals surface area contributed by atoms with Crippen molar-refractivity contribution in [3.63, 3.8) is 0 Å². The van der Waals surface area contributed by atoms with Gasteiger partial charge in [-0.05, 0) is 13.5 Å². The fourth-order valence-electron chi connectivity index (χ4n) is 0.617. The van der Waals surface area contributed by atoms with Crippen molar-refractivity contribution < 1.29 is 4.52 Å². The van der Waals surface area contributed by atoms with Gasteiger partial charge in [-0.3, -0.25) is 0 Å².